The fraction of sp³-hybridized carbons (Fsp3) is 0.177. The van der Waals surface area contributed by atoms with E-state index in [-0.39, 0.29) is 30.9 Å². The molecule has 8 bridgehead atoms. The fourth-order valence-corrected chi connectivity index (χ4v) is 10.2. The first-order valence-electron chi connectivity index (χ1n) is 23.8. The summed E-state index contributed by atoms with van der Waals surface area (Å²) in [6.07, 6.45) is 16.7. The average Bonchev–Trinajstić information content (AvgIpc) is 4.19. The Morgan fingerprint density at radius 1 is 0.529 bits per heavy atom. The van der Waals surface area contributed by atoms with E-state index in [4.69, 9.17) is 24.7 Å². The summed E-state index contributed by atoms with van der Waals surface area (Å²) in [7, 11) is -1.37. The van der Waals surface area contributed by atoms with Gasteiger partial charge in [0, 0.05) is 13.5 Å². The number of ether oxygens (including phenoxy) is 1. The maximum Gasteiger partial charge on any atom is 2.00 e. The summed E-state index contributed by atoms with van der Waals surface area (Å²) in [6.45, 7) is 23.8. The normalized spacial score (nSPS) is 12.1. The molecule has 0 spiro atoms. The van der Waals surface area contributed by atoms with E-state index in [2.05, 4.69) is 175 Å². The molecule has 2 aliphatic rings. The van der Waals surface area contributed by atoms with E-state index in [9.17, 15) is 4.79 Å². The van der Waals surface area contributed by atoms with Crippen molar-refractivity contribution in [1.82, 2.24) is 19.9 Å². The van der Waals surface area contributed by atoms with Crippen LogP contribution in [-0.2, 0) is 29.6 Å². The van der Waals surface area contributed by atoms with Crippen LogP contribution in [0.15, 0.2) is 159 Å². The first kappa shape index (κ1) is 49.4. The third kappa shape index (κ3) is 10.3. The second-order valence-corrected chi connectivity index (χ2v) is 25.1. The van der Waals surface area contributed by atoms with E-state index in [1.54, 1.807) is 0 Å². The summed E-state index contributed by atoms with van der Waals surface area (Å²) in [6, 6.07) is 42.8. The monoisotopic (exact) mass is 982 g/mol. The molecule has 3 aromatic heterocycles. The van der Waals surface area contributed by atoms with Crippen molar-refractivity contribution < 1.29 is 29.0 Å². The van der Waals surface area contributed by atoms with Crippen molar-refractivity contribution in [2.24, 2.45) is 0 Å². The van der Waals surface area contributed by atoms with Crippen LogP contribution in [0.3, 0.4) is 0 Å². The van der Waals surface area contributed by atoms with E-state index in [1.165, 1.54) is 5.56 Å². The first-order chi connectivity index (χ1) is 33.4. The van der Waals surface area contributed by atoms with Gasteiger partial charge in [0.05, 0.1) is 34.9 Å². The molecule has 8 heteroatoms. The minimum absolute atomic E-state index is 0. The molecule has 5 heterocycles. The van der Waals surface area contributed by atoms with Gasteiger partial charge >= 0.3 is 25.4 Å². The Hall–Kier alpha value is -6.99. The van der Waals surface area contributed by atoms with Gasteiger partial charge in [-0.2, -0.15) is 0 Å². The molecular formula is C62H58N4O2SiZn. The first-order valence-corrected chi connectivity index (χ1v) is 27.5. The quantitative estimate of drug-likeness (QED) is 0.0578. The summed E-state index contributed by atoms with van der Waals surface area (Å²) < 4.78 is 5.72. The van der Waals surface area contributed by atoms with E-state index < -0.39 is 8.07 Å². The van der Waals surface area contributed by atoms with Crippen molar-refractivity contribution in [1.29, 1.82) is 0 Å². The molecule has 2 aliphatic heterocycles. The third-order valence-corrected chi connectivity index (χ3v) is 14.9. The van der Waals surface area contributed by atoms with Crippen LogP contribution >= 0.6 is 0 Å². The summed E-state index contributed by atoms with van der Waals surface area (Å²) >= 11 is 0. The zero-order valence-corrected chi connectivity index (χ0v) is 45.0. The van der Waals surface area contributed by atoms with Gasteiger partial charge in [-0.15, -0.1) is 41.8 Å². The number of carbonyl (C=O) groups excluding carboxylic acids is 1. The number of aryl methyl sites for hydroxylation is 2. The minimum atomic E-state index is -1.37. The molecule has 0 saturated carbocycles. The molecule has 70 heavy (non-hydrogen) atoms. The number of benzene rings is 4. The maximum atomic E-state index is 13.2. The smallest absolute Gasteiger partial charge is 0.657 e. The van der Waals surface area contributed by atoms with Crippen molar-refractivity contribution in [3.8, 4) is 44.5 Å². The predicted molar refractivity (Wildman–Crippen MR) is 293 cm³/mol. The van der Waals surface area contributed by atoms with Gasteiger partial charge in [-0.3, -0.25) is 0 Å². The summed E-state index contributed by atoms with van der Waals surface area (Å²) in [4.78, 5) is 35.0. The Labute approximate surface area is 426 Å². The molecule has 0 atom stereocenters. The minimum Gasteiger partial charge on any atom is -0.657 e. The topological polar surface area (TPSA) is 80.3 Å². The molecule has 0 saturated heterocycles. The average molecular weight is 985 g/mol. The molecule has 0 radical (unpaired) electrons. The molecule has 7 aromatic rings. The van der Waals surface area contributed by atoms with Crippen LogP contribution in [0.25, 0.3) is 90.9 Å². The van der Waals surface area contributed by atoms with Crippen molar-refractivity contribution in [2.75, 3.05) is 6.61 Å². The molecule has 344 valence electrons. The summed E-state index contributed by atoms with van der Waals surface area (Å²) in [5.74, 6) is -0.321. The number of nitrogens with zero attached hydrogens (tertiary/aromatic N) is 4. The van der Waals surface area contributed by atoms with E-state index in [1.807, 2.05) is 42.5 Å². The molecule has 0 aliphatic carbocycles. The van der Waals surface area contributed by atoms with Crippen molar-refractivity contribution in [2.45, 2.75) is 64.2 Å². The number of hydrogen-bond donors (Lipinski definition) is 0. The zero-order chi connectivity index (χ0) is 48.3. The number of hydrogen-bond acceptors (Lipinski definition) is 4. The van der Waals surface area contributed by atoms with Crippen molar-refractivity contribution in [3.63, 3.8) is 0 Å². The number of esters is 1. The SMILES string of the molecule is C=CCC(CC=C)(CC=C)c1ccc(-c2c3nc(c(-c4ccc(C)cc4)c4ccc([n-]4)c(-c4ccc(C(=O)OCC[Si](C)(C)C)cc4)c4nc(c(-c5ccc(C)cc5)c5ccc2[n-]5)C=C4)C=C3)cc1.[Zn+2]. The second-order valence-electron chi connectivity index (χ2n) is 19.5. The molecule has 0 unspecified atom stereocenters. The van der Waals surface area contributed by atoms with Crippen LogP contribution in [0.4, 0.5) is 0 Å². The van der Waals surface area contributed by atoms with E-state index in [0.29, 0.717) is 12.2 Å². The van der Waals surface area contributed by atoms with Crippen LogP contribution < -0.4 is 9.97 Å². The van der Waals surface area contributed by atoms with E-state index in [0.717, 1.165) is 126 Å². The Kier molecular flexibility index (Phi) is 14.8. The van der Waals surface area contributed by atoms with E-state index >= 15 is 0 Å². The van der Waals surface area contributed by atoms with Gasteiger partial charge in [0.25, 0.3) is 0 Å². The molecular weight excluding hydrogens is 926 g/mol. The van der Waals surface area contributed by atoms with Crippen LogP contribution in [0.1, 0.15) is 69.1 Å². The number of allylic oxidation sites excluding steroid dienone is 3. The van der Waals surface area contributed by atoms with Crippen LogP contribution in [0.5, 0.6) is 0 Å². The van der Waals surface area contributed by atoms with Crippen LogP contribution in [-0.4, -0.2) is 30.6 Å². The number of fused-ring (bicyclic) bond motifs is 8. The van der Waals surface area contributed by atoms with Gasteiger partial charge in [-0.05, 0) is 126 Å². The zero-order valence-electron chi connectivity index (χ0n) is 41.1. The van der Waals surface area contributed by atoms with Crippen molar-refractivity contribution in [3.05, 3.63) is 204 Å². The van der Waals surface area contributed by atoms with Gasteiger partial charge in [0.1, 0.15) is 0 Å². The standard InChI is InChI=1S/C62H59N4O2Si.Zn/c1-9-36-62(37-10-2,38-11-3)48-26-24-46(25-27-48)60-55-34-30-51(65-55)57(43-16-12-41(4)13-17-43)49-28-32-53(63-49)59(45-20-22-47(23-21-45)61(67)68-39-40-69(6,7)8)54-33-29-50(64-54)58(52-31-35-56(60)66-52)44-18-14-42(5)15-19-44;/h9-35H,1-3,36-40H2,4-8H3,(H-,63,64,65,66,67);/q-1;+2/p-1. The number of carbonyl (C=O) groups is 1. The Morgan fingerprint density at radius 3 is 1.19 bits per heavy atom. The summed E-state index contributed by atoms with van der Waals surface area (Å²) in [5.41, 5.74) is 17.6. The van der Waals surface area contributed by atoms with Crippen LogP contribution in [0, 0.1) is 13.8 Å². The Balaban J connectivity index is 0.00000659. The maximum absolute atomic E-state index is 13.2. The van der Waals surface area contributed by atoms with Crippen molar-refractivity contribution >= 4 is 60.4 Å². The Morgan fingerprint density at radius 2 is 0.857 bits per heavy atom. The van der Waals surface area contributed by atoms with Crippen LogP contribution in [0.2, 0.25) is 25.7 Å². The molecule has 0 N–H and O–H groups in total. The molecule has 6 nitrogen and oxygen atoms in total. The molecule has 0 fully saturated rings. The number of rotatable bonds is 15. The van der Waals surface area contributed by atoms with Gasteiger partial charge in [-0.1, -0.05) is 158 Å². The largest absolute Gasteiger partial charge is 2.00 e. The number of aromatic nitrogens is 4. The fourth-order valence-electron chi connectivity index (χ4n) is 9.44. The molecule has 9 rings (SSSR count). The van der Waals surface area contributed by atoms with Gasteiger partial charge < -0.3 is 14.7 Å². The van der Waals surface area contributed by atoms with Gasteiger partial charge in [0.15, 0.2) is 0 Å². The summed E-state index contributed by atoms with van der Waals surface area (Å²) in [5, 5.41) is 0. The Bertz CT molecular complexity index is 3260. The molecule has 4 aromatic carbocycles. The predicted octanol–water partition coefficient (Wildman–Crippen LogP) is 15.7. The third-order valence-electron chi connectivity index (χ3n) is 13.2. The van der Waals surface area contributed by atoms with Gasteiger partial charge in [0.2, 0.25) is 0 Å². The van der Waals surface area contributed by atoms with Gasteiger partial charge in [-0.25, -0.2) is 14.8 Å². The molecule has 0 amide bonds. The second kappa shape index (κ2) is 20.9.